The molecule has 1 aromatic heterocycles. The van der Waals surface area contributed by atoms with Gasteiger partial charge in [0.25, 0.3) is 6.71 Å². The van der Waals surface area contributed by atoms with Crippen LogP contribution in [0.25, 0.3) is 21.2 Å². The third-order valence-corrected chi connectivity index (χ3v) is 19.8. The molecule has 0 bridgehead atoms. The molecule has 4 heteroatoms. The van der Waals surface area contributed by atoms with Crippen molar-refractivity contribution in [2.24, 2.45) is 0 Å². The molecule has 5 aliphatic rings. The minimum absolute atomic E-state index is 0.0700. The van der Waals surface area contributed by atoms with Crippen molar-refractivity contribution in [1.82, 2.24) is 0 Å². The molecular formula is C65H73BN2S. The van der Waals surface area contributed by atoms with Gasteiger partial charge in [0.05, 0.1) is 5.69 Å². The van der Waals surface area contributed by atoms with Crippen molar-refractivity contribution in [3.63, 3.8) is 0 Å². The van der Waals surface area contributed by atoms with Gasteiger partial charge in [-0.15, -0.1) is 11.3 Å². The van der Waals surface area contributed by atoms with Crippen LogP contribution in [0.4, 0.5) is 28.4 Å². The largest absolute Gasteiger partial charge is 0.337 e. The first kappa shape index (κ1) is 45.1. The standard InChI is InChI=1S/C65H73BN2S/c1-39-20-22-44(41-18-16-15-17-19-41)42(30-39)38-67-54-31-40(2)32-55-57(54)66(59-58(67)45-34-48-51(37-56(45)69-59)65(13,14)29-26-62(48,7)8)52-35-49-50(64(11,12)28-27-63(49,9)10)36-53(52)68(55)43-21-23-46-47(33-43)61(5,6)25-24-60(46,3)4/h15-23,30-37H,24-29,38H2,1-14H3. The van der Waals surface area contributed by atoms with Crippen molar-refractivity contribution < 1.29 is 0 Å². The first-order chi connectivity index (χ1) is 32.5. The molecule has 0 fully saturated rings. The van der Waals surface area contributed by atoms with Crippen molar-refractivity contribution in [2.75, 3.05) is 9.80 Å². The van der Waals surface area contributed by atoms with Gasteiger partial charge in [-0.25, -0.2) is 0 Å². The van der Waals surface area contributed by atoms with Gasteiger partial charge in [0, 0.05) is 44.2 Å². The number of rotatable bonds is 4. The topological polar surface area (TPSA) is 6.48 Å². The summed E-state index contributed by atoms with van der Waals surface area (Å²) in [5.41, 5.74) is 26.0. The maximum Gasteiger partial charge on any atom is 0.264 e. The summed E-state index contributed by atoms with van der Waals surface area (Å²) in [5.74, 6) is 0. The fraction of sp³-hybridized carbons (Fsp3) is 0.415. The zero-order valence-electron chi connectivity index (χ0n) is 44.1. The van der Waals surface area contributed by atoms with Gasteiger partial charge < -0.3 is 9.80 Å². The number of benzene rings is 6. The van der Waals surface area contributed by atoms with E-state index in [4.69, 9.17) is 0 Å². The molecule has 6 aromatic carbocycles. The number of thiophene rings is 1. The molecule has 0 saturated carbocycles. The molecule has 69 heavy (non-hydrogen) atoms. The Morgan fingerprint density at radius 1 is 0.493 bits per heavy atom. The van der Waals surface area contributed by atoms with Crippen molar-refractivity contribution in [2.45, 2.75) is 174 Å². The van der Waals surface area contributed by atoms with E-state index in [1.165, 1.54) is 143 Å². The van der Waals surface area contributed by atoms with Gasteiger partial charge in [-0.3, -0.25) is 0 Å². The summed E-state index contributed by atoms with van der Waals surface area (Å²) < 4.78 is 2.92. The summed E-state index contributed by atoms with van der Waals surface area (Å²) in [6.45, 7) is 35.4. The fourth-order valence-corrected chi connectivity index (χ4v) is 15.3. The third kappa shape index (κ3) is 6.76. The number of aryl methyl sites for hydroxylation is 2. The molecule has 0 spiro atoms. The smallest absolute Gasteiger partial charge is 0.264 e. The minimum Gasteiger partial charge on any atom is -0.337 e. The van der Waals surface area contributed by atoms with Gasteiger partial charge in [0.15, 0.2) is 0 Å². The predicted octanol–water partition coefficient (Wildman–Crippen LogP) is 16.2. The molecule has 0 radical (unpaired) electrons. The lowest BCUT2D eigenvalue weighted by atomic mass is 9.35. The van der Waals surface area contributed by atoms with E-state index in [1.807, 2.05) is 0 Å². The van der Waals surface area contributed by atoms with E-state index >= 15 is 0 Å². The molecule has 3 aliphatic carbocycles. The van der Waals surface area contributed by atoms with Gasteiger partial charge in [-0.1, -0.05) is 149 Å². The van der Waals surface area contributed by atoms with E-state index in [1.54, 1.807) is 11.1 Å². The van der Waals surface area contributed by atoms with Crippen LogP contribution in [0.15, 0.2) is 103 Å². The summed E-state index contributed by atoms with van der Waals surface area (Å²) in [7, 11) is 0. The quantitative estimate of drug-likeness (QED) is 0.162. The number of nitrogens with zero attached hydrogens (tertiary/aromatic N) is 2. The van der Waals surface area contributed by atoms with Gasteiger partial charge in [-0.05, 0) is 194 Å². The monoisotopic (exact) mass is 925 g/mol. The molecule has 0 amide bonds. The second-order valence-corrected chi connectivity index (χ2v) is 27.4. The number of fused-ring (bicyclic) bond motifs is 9. The molecule has 0 N–H and O–H groups in total. The van der Waals surface area contributed by atoms with Crippen LogP contribution in [-0.2, 0) is 39.0 Å². The highest BCUT2D eigenvalue weighted by molar-refractivity contribution is 7.33. The lowest BCUT2D eigenvalue weighted by Crippen LogP contribution is -2.61. The lowest BCUT2D eigenvalue weighted by molar-refractivity contribution is 0.332. The average Bonchev–Trinajstić information content (AvgIpc) is 3.67. The molecule has 0 atom stereocenters. The maximum atomic E-state index is 2.79. The van der Waals surface area contributed by atoms with Gasteiger partial charge in [-0.2, -0.15) is 0 Å². The van der Waals surface area contributed by atoms with Gasteiger partial charge in [0.1, 0.15) is 0 Å². The second kappa shape index (κ2) is 14.8. The van der Waals surface area contributed by atoms with Crippen LogP contribution in [-0.4, -0.2) is 6.71 Å². The summed E-state index contributed by atoms with van der Waals surface area (Å²) in [6, 6.07) is 41.7. The van der Waals surface area contributed by atoms with Crippen LogP contribution in [0.2, 0.25) is 0 Å². The number of hydrogen-bond donors (Lipinski definition) is 0. The van der Waals surface area contributed by atoms with Crippen LogP contribution in [0.1, 0.15) is 172 Å². The number of hydrogen-bond acceptors (Lipinski definition) is 3. The lowest BCUT2D eigenvalue weighted by Gasteiger charge is -2.47. The molecule has 352 valence electrons. The molecule has 3 heterocycles. The van der Waals surface area contributed by atoms with Gasteiger partial charge in [0.2, 0.25) is 0 Å². The third-order valence-electron chi connectivity index (χ3n) is 18.6. The van der Waals surface area contributed by atoms with Crippen LogP contribution < -0.4 is 25.5 Å². The Labute approximate surface area is 418 Å². The summed E-state index contributed by atoms with van der Waals surface area (Å²) in [6.07, 6.45) is 7.19. The van der Waals surface area contributed by atoms with Crippen molar-refractivity contribution in [3.05, 3.63) is 153 Å². The van der Waals surface area contributed by atoms with E-state index in [9.17, 15) is 0 Å². The molecule has 2 aliphatic heterocycles. The molecule has 2 nitrogen and oxygen atoms in total. The highest BCUT2D eigenvalue weighted by Gasteiger charge is 2.49. The van der Waals surface area contributed by atoms with Crippen LogP contribution >= 0.6 is 11.3 Å². The Kier molecular flexibility index (Phi) is 9.65. The van der Waals surface area contributed by atoms with Crippen molar-refractivity contribution >= 4 is 72.3 Å². The highest BCUT2D eigenvalue weighted by Crippen LogP contribution is 2.55. The Bertz CT molecular complexity index is 3300. The van der Waals surface area contributed by atoms with E-state index in [0.717, 1.165) is 6.54 Å². The van der Waals surface area contributed by atoms with Crippen molar-refractivity contribution in [1.29, 1.82) is 0 Å². The van der Waals surface area contributed by atoms with Crippen LogP contribution in [0.5, 0.6) is 0 Å². The fourth-order valence-electron chi connectivity index (χ4n) is 13.9. The Hall–Kier alpha value is -5.06. The van der Waals surface area contributed by atoms with E-state index in [0.29, 0.717) is 0 Å². The summed E-state index contributed by atoms with van der Waals surface area (Å²) >= 11 is 2.09. The molecule has 0 saturated heterocycles. The SMILES string of the molecule is Cc1ccc(-c2ccccc2)c(CN2c3cc(C)cc4c3B(c3cc5c(cc3N4c3ccc4c(c3)C(C)(C)CCC4(C)C)C(C)(C)CCC5(C)C)c3sc4cc5c(cc4c32)C(C)(C)CCC5(C)C)c1. The maximum absolute atomic E-state index is 2.79. The summed E-state index contributed by atoms with van der Waals surface area (Å²) in [4.78, 5) is 5.52. The van der Waals surface area contributed by atoms with E-state index in [-0.39, 0.29) is 39.2 Å². The Morgan fingerprint density at radius 2 is 1.04 bits per heavy atom. The highest BCUT2D eigenvalue weighted by atomic mass is 32.1. The second-order valence-electron chi connectivity index (χ2n) is 26.3. The van der Waals surface area contributed by atoms with E-state index in [2.05, 4.69) is 221 Å². The van der Waals surface area contributed by atoms with Crippen LogP contribution in [0.3, 0.4) is 0 Å². The Balaban J connectivity index is 1.19. The van der Waals surface area contributed by atoms with Crippen molar-refractivity contribution in [3.8, 4) is 11.1 Å². The average molecular weight is 925 g/mol. The first-order valence-electron chi connectivity index (χ1n) is 26.3. The zero-order chi connectivity index (χ0) is 48.5. The minimum atomic E-state index is 0.0700. The molecule has 12 rings (SSSR count). The van der Waals surface area contributed by atoms with Crippen LogP contribution in [0, 0.1) is 13.8 Å². The van der Waals surface area contributed by atoms with Gasteiger partial charge >= 0.3 is 0 Å². The summed E-state index contributed by atoms with van der Waals surface area (Å²) in [5, 5.41) is 1.42. The molecule has 0 unspecified atom stereocenters. The van der Waals surface area contributed by atoms with E-state index < -0.39 is 0 Å². The first-order valence-corrected chi connectivity index (χ1v) is 27.1. The Morgan fingerprint density at radius 3 is 1.68 bits per heavy atom. The normalized spacial score (nSPS) is 20.3. The predicted molar refractivity (Wildman–Crippen MR) is 301 cm³/mol. The number of anilines is 5. The molecular weight excluding hydrogens is 852 g/mol. The zero-order valence-corrected chi connectivity index (χ0v) is 45.0. The molecule has 7 aromatic rings.